The number of amides is 1. The molecule has 0 spiro atoms. The van der Waals surface area contributed by atoms with Gasteiger partial charge < -0.3 is 15.0 Å². The zero-order chi connectivity index (χ0) is 24.1. The van der Waals surface area contributed by atoms with Crippen LogP contribution in [0.4, 0.5) is 4.39 Å². The summed E-state index contributed by atoms with van der Waals surface area (Å²) in [5.74, 6) is 0.229. The maximum absolute atomic E-state index is 13.9. The first-order valence-corrected chi connectivity index (χ1v) is 11.1. The number of pyridine rings is 1. The summed E-state index contributed by atoms with van der Waals surface area (Å²) in [6.07, 6.45) is 0. The SMILES string of the molecule is CC(COc1ccc2cc(-c3cccc(F)c3)n(CC(=O)NC(C)C)c(=O)c2c1)CN(C)C. The second-order valence-corrected chi connectivity index (χ2v) is 9.08. The van der Waals surface area contributed by atoms with Gasteiger partial charge in [-0.2, -0.15) is 0 Å². The van der Waals surface area contributed by atoms with E-state index in [0.717, 1.165) is 6.54 Å². The molecule has 0 bridgehead atoms. The van der Waals surface area contributed by atoms with Crippen LogP contribution in [-0.2, 0) is 11.3 Å². The first-order valence-electron chi connectivity index (χ1n) is 11.1. The topological polar surface area (TPSA) is 63.6 Å². The minimum absolute atomic E-state index is 0.0598. The van der Waals surface area contributed by atoms with Crippen LogP contribution in [-0.4, -0.2) is 48.7 Å². The van der Waals surface area contributed by atoms with Gasteiger partial charge in [0.05, 0.1) is 17.7 Å². The lowest BCUT2D eigenvalue weighted by Gasteiger charge is -2.18. The van der Waals surface area contributed by atoms with E-state index in [1.54, 1.807) is 18.2 Å². The van der Waals surface area contributed by atoms with Gasteiger partial charge in [-0.15, -0.1) is 0 Å². The van der Waals surface area contributed by atoms with Gasteiger partial charge in [0.1, 0.15) is 18.1 Å². The van der Waals surface area contributed by atoms with E-state index >= 15 is 0 Å². The molecule has 0 fully saturated rings. The molecule has 1 unspecified atom stereocenters. The van der Waals surface area contributed by atoms with E-state index in [-0.39, 0.29) is 24.1 Å². The lowest BCUT2D eigenvalue weighted by atomic mass is 10.1. The highest BCUT2D eigenvalue weighted by Gasteiger charge is 2.16. The summed E-state index contributed by atoms with van der Waals surface area (Å²) in [7, 11) is 4.03. The molecule has 3 aromatic rings. The molecule has 1 atom stereocenters. The quantitative estimate of drug-likeness (QED) is 0.534. The highest BCUT2D eigenvalue weighted by atomic mass is 19.1. The Kier molecular flexibility index (Phi) is 7.87. The van der Waals surface area contributed by atoms with E-state index in [2.05, 4.69) is 17.1 Å². The third-order valence-electron chi connectivity index (χ3n) is 5.17. The van der Waals surface area contributed by atoms with E-state index < -0.39 is 5.82 Å². The summed E-state index contributed by atoms with van der Waals surface area (Å²) in [5, 5.41) is 3.97. The summed E-state index contributed by atoms with van der Waals surface area (Å²) in [4.78, 5) is 28.1. The van der Waals surface area contributed by atoms with Crippen molar-refractivity contribution in [3.8, 4) is 17.0 Å². The van der Waals surface area contributed by atoms with Crippen LogP contribution >= 0.6 is 0 Å². The van der Waals surface area contributed by atoms with Crippen molar-refractivity contribution in [1.82, 2.24) is 14.8 Å². The average Bonchev–Trinajstić information content (AvgIpc) is 2.73. The Balaban J connectivity index is 2.04. The minimum atomic E-state index is -0.409. The normalized spacial score (nSPS) is 12.4. The van der Waals surface area contributed by atoms with Crippen molar-refractivity contribution >= 4 is 16.7 Å². The number of rotatable bonds is 9. The van der Waals surface area contributed by atoms with Gasteiger partial charge >= 0.3 is 0 Å². The molecule has 1 amide bonds. The van der Waals surface area contributed by atoms with Crippen molar-refractivity contribution in [1.29, 1.82) is 0 Å². The molecule has 1 heterocycles. The monoisotopic (exact) mass is 453 g/mol. The number of nitrogens with one attached hydrogen (secondary N) is 1. The average molecular weight is 454 g/mol. The highest BCUT2D eigenvalue weighted by Crippen LogP contribution is 2.26. The Morgan fingerprint density at radius 1 is 1.12 bits per heavy atom. The number of hydrogen-bond donors (Lipinski definition) is 1. The minimum Gasteiger partial charge on any atom is -0.493 e. The van der Waals surface area contributed by atoms with E-state index in [1.807, 2.05) is 46.1 Å². The molecule has 33 heavy (non-hydrogen) atoms. The number of fused-ring (bicyclic) bond motifs is 1. The van der Waals surface area contributed by atoms with Crippen LogP contribution in [0.2, 0.25) is 0 Å². The molecule has 0 aliphatic rings. The number of carbonyl (C=O) groups is 1. The summed E-state index contributed by atoms with van der Waals surface area (Å²) >= 11 is 0. The maximum atomic E-state index is 13.9. The van der Waals surface area contributed by atoms with E-state index in [9.17, 15) is 14.0 Å². The molecule has 7 heteroatoms. The lowest BCUT2D eigenvalue weighted by Crippen LogP contribution is -2.36. The van der Waals surface area contributed by atoms with Crippen LogP contribution in [0.5, 0.6) is 5.75 Å². The number of carbonyl (C=O) groups excluding carboxylic acids is 1. The second kappa shape index (κ2) is 10.6. The Hall–Kier alpha value is -3.19. The van der Waals surface area contributed by atoms with Gasteiger partial charge in [-0.25, -0.2) is 4.39 Å². The Labute approximate surface area is 194 Å². The molecule has 0 saturated heterocycles. The molecule has 0 aliphatic carbocycles. The van der Waals surface area contributed by atoms with Crippen LogP contribution in [0.25, 0.3) is 22.0 Å². The summed E-state index contributed by atoms with van der Waals surface area (Å²) in [5.41, 5.74) is 0.695. The second-order valence-electron chi connectivity index (χ2n) is 9.08. The molecule has 6 nitrogen and oxygen atoms in total. The number of hydrogen-bond acceptors (Lipinski definition) is 4. The summed E-state index contributed by atoms with van der Waals surface area (Å²) < 4.78 is 21.3. The van der Waals surface area contributed by atoms with Gasteiger partial charge in [0.2, 0.25) is 5.91 Å². The van der Waals surface area contributed by atoms with Gasteiger partial charge in [0.15, 0.2) is 0 Å². The van der Waals surface area contributed by atoms with Crippen molar-refractivity contribution in [2.75, 3.05) is 27.2 Å². The fourth-order valence-corrected chi connectivity index (χ4v) is 3.89. The summed E-state index contributed by atoms with van der Waals surface area (Å²) in [6, 6.07) is 13.1. The van der Waals surface area contributed by atoms with Crippen molar-refractivity contribution < 1.29 is 13.9 Å². The zero-order valence-corrected chi connectivity index (χ0v) is 19.9. The zero-order valence-electron chi connectivity index (χ0n) is 19.9. The molecule has 0 aliphatic heterocycles. The van der Waals surface area contributed by atoms with Gasteiger partial charge in [-0.05, 0) is 63.7 Å². The van der Waals surface area contributed by atoms with Crippen LogP contribution in [0.15, 0.2) is 53.3 Å². The largest absolute Gasteiger partial charge is 0.493 e. The number of nitrogens with zero attached hydrogens (tertiary/aromatic N) is 2. The standard InChI is InChI=1S/C26H32FN3O3/c1-17(2)28-25(31)15-30-24(20-7-6-8-21(27)11-20)12-19-9-10-22(13-23(19)26(30)32)33-16-18(3)14-29(4)5/h6-13,17-18H,14-16H2,1-5H3,(H,28,31). The smallest absolute Gasteiger partial charge is 0.259 e. The van der Waals surface area contributed by atoms with Crippen molar-refractivity contribution in [3.05, 3.63) is 64.7 Å². The molecule has 1 aromatic heterocycles. The van der Waals surface area contributed by atoms with Crippen LogP contribution < -0.4 is 15.6 Å². The maximum Gasteiger partial charge on any atom is 0.259 e. The first-order chi connectivity index (χ1) is 15.6. The van der Waals surface area contributed by atoms with Crippen molar-refractivity contribution in [2.45, 2.75) is 33.4 Å². The third-order valence-corrected chi connectivity index (χ3v) is 5.17. The Morgan fingerprint density at radius 2 is 1.88 bits per heavy atom. The lowest BCUT2D eigenvalue weighted by molar-refractivity contribution is -0.122. The number of ether oxygens (including phenoxy) is 1. The van der Waals surface area contributed by atoms with Gasteiger partial charge in [0.25, 0.3) is 5.56 Å². The number of halogens is 1. The predicted octanol–water partition coefficient (Wildman–Crippen LogP) is 3.91. The van der Waals surface area contributed by atoms with E-state index in [1.165, 1.54) is 16.7 Å². The fraction of sp³-hybridized carbons (Fsp3) is 0.385. The van der Waals surface area contributed by atoms with E-state index in [0.29, 0.717) is 40.3 Å². The van der Waals surface area contributed by atoms with Gasteiger partial charge in [-0.3, -0.25) is 14.2 Å². The highest BCUT2D eigenvalue weighted by molar-refractivity contribution is 5.87. The Morgan fingerprint density at radius 3 is 2.55 bits per heavy atom. The van der Waals surface area contributed by atoms with Crippen molar-refractivity contribution in [3.63, 3.8) is 0 Å². The Bertz CT molecular complexity index is 1190. The number of aromatic nitrogens is 1. The fourth-order valence-electron chi connectivity index (χ4n) is 3.89. The molecular formula is C26H32FN3O3. The predicted molar refractivity (Wildman–Crippen MR) is 130 cm³/mol. The third kappa shape index (κ3) is 6.42. The van der Waals surface area contributed by atoms with Crippen LogP contribution in [0, 0.1) is 11.7 Å². The van der Waals surface area contributed by atoms with Crippen molar-refractivity contribution in [2.24, 2.45) is 5.92 Å². The molecule has 3 rings (SSSR count). The van der Waals surface area contributed by atoms with Crippen LogP contribution in [0.3, 0.4) is 0 Å². The van der Waals surface area contributed by atoms with Gasteiger partial charge in [-0.1, -0.05) is 25.1 Å². The molecule has 2 aromatic carbocycles. The molecular weight excluding hydrogens is 421 g/mol. The summed E-state index contributed by atoms with van der Waals surface area (Å²) in [6.45, 7) is 7.07. The molecule has 0 radical (unpaired) electrons. The van der Waals surface area contributed by atoms with Gasteiger partial charge in [0, 0.05) is 24.1 Å². The molecule has 0 saturated carbocycles. The molecule has 1 N–H and O–H groups in total. The first kappa shape index (κ1) is 24.5. The molecule has 176 valence electrons. The van der Waals surface area contributed by atoms with E-state index in [4.69, 9.17) is 4.74 Å². The number of benzene rings is 2. The van der Waals surface area contributed by atoms with Crippen LogP contribution in [0.1, 0.15) is 20.8 Å².